The van der Waals surface area contributed by atoms with Crippen molar-refractivity contribution in [3.05, 3.63) is 10.1 Å². The average Bonchev–Trinajstić information content (AvgIpc) is 2.86. The number of anilines is 2. The molecule has 0 aliphatic carbocycles. The minimum Gasteiger partial charge on any atom is -0.353 e. The monoisotopic (exact) mass is 380 g/mol. The fraction of sp³-hybridized carbons (Fsp3) is 0.727. The van der Waals surface area contributed by atoms with Gasteiger partial charge in [0.05, 0.1) is 17.8 Å². The maximum Gasteiger partial charge on any atom is 0.390 e. The molecule has 0 aromatic carbocycles. The minimum absolute atomic E-state index is 0.0696. The number of aromatic nitrogens is 1. The highest BCUT2D eigenvalue weighted by molar-refractivity contribution is 7.19. The summed E-state index contributed by atoms with van der Waals surface area (Å²) in [5.74, 6) is -0.303. The van der Waals surface area contributed by atoms with Crippen LogP contribution < -0.4 is 9.80 Å². The Bertz CT molecular complexity index is 574. The van der Waals surface area contributed by atoms with Gasteiger partial charge in [0.1, 0.15) is 0 Å². The average molecular weight is 380 g/mol. The van der Waals surface area contributed by atoms with Gasteiger partial charge in [-0.15, -0.1) is 0 Å². The second kappa shape index (κ2) is 7.40. The molecule has 0 radical (unpaired) electrons. The first-order valence-corrected chi connectivity index (χ1v) is 7.33. The quantitative estimate of drug-likeness (QED) is 0.409. The minimum atomic E-state index is -4.44. The van der Waals surface area contributed by atoms with Crippen LogP contribution in [-0.2, 0) is 0 Å². The molecule has 1 rings (SSSR count). The topological polar surface area (TPSA) is 62.5 Å². The van der Waals surface area contributed by atoms with Crippen molar-refractivity contribution >= 4 is 27.3 Å². The van der Waals surface area contributed by atoms with Crippen LogP contribution in [0.3, 0.4) is 0 Å². The van der Waals surface area contributed by atoms with E-state index in [4.69, 9.17) is 0 Å². The number of rotatable bonds is 7. The van der Waals surface area contributed by atoms with E-state index in [0.29, 0.717) is 11.3 Å². The first-order chi connectivity index (χ1) is 10.8. The van der Waals surface area contributed by atoms with E-state index in [1.54, 1.807) is 0 Å². The van der Waals surface area contributed by atoms with Gasteiger partial charge in [-0.25, -0.2) is 0 Å². The van der Waals surface area contributed by atoms with Gasteiger partial charge in [0, 0.05) is 27.2 Å². The zero-order valence-electron chi connectivity index (χ0n) is 12.6. The SMILES string of the molecule is CN(CCC(F)(F)F)c1nc(N(C)CCC(F)(F)F)c([N+](=O)[O-])s1. The Kier molecular flexibility index (Phi) is 6.25. The van der Waals surface area contributed by atoms with E-state index < -0.39 is 48.2 Å². The van der Waals surface area contributed by atoms with Gasteiger partial charge >= 0.3 is 17.4 Å². The zero-order valence-corrected chi connectivity index (χ0v) is 13.4. The number of nitrogens with zero attached hydrogens (tertiary/aromatic N) is 4. The number of halogens is 6. The third-order valence-electron chi connectivity index (χ3n) is 2.90. The van der Waals surface area contributed by atoms with Gasteiger partial charge in [0.2, 0.25) is 5.82 Å². The number of alkyl halides is 6. The summed E-state index contributed by atoms with van der Waals surface area (Å²) < 4.78 is 73.4. The van der Waals surface area contributed by atoms with Gasteiger partial charge < -0.3 is 9.80 Å². The zero-order chi connectivity index (χ0) is 18.7. The molecule has 0 bridgehead atoms. The van der Waals surface area contributed by atoms with Crippen LogP contribution in [0.4, 0.5) is 42.3 Å². The third kappa shape index (κ3) is 6.37. The van der Waals surface area contributed by atoms with Crippen molar-refractivity contribution in [3.8, 4) is 0 Å². The first-order valence-electron chi connectivity index (χ1n) is 6.51. The Balaban J connectivity index is 2.92. The summed E-state index contributed by atoms with van der Waals surface area (Å²) in [4.78, 5) is 16.1. The van der Waals surface area contributed by atoms with Crippen LogP contribution in [-0.4, -0.2) is 49.4 Å². The number of thiazole rings is 1. The summed E-state index contributed by atoms with van der Waals surface area (Å²) >= 11 is 0.513. The summed E-state index contributed by atoms with van der Waals surface area (Å²) in [5, 5.41) is 10.4. The van der Waals surface area contributed by atoms with Crippen LogP contribution in [0.25, 0.3) is 0 Å². The highest BCUT2D eigenvalue weighted by Crippen LogP contribution is 2.38. The highest BCUT2D eigenvalue weighted by Gasteiger charge is 2.32. The molecule has 0 fully saturated rings. The lowest BCUT2D eigenvalue weighted by molar-refractivity contribution is -0.379. The lowest BCUT2D eigenvalue weighted by Gasteiger charge is -2.18. The van der Waals surface area contributed by atoms with Gasteiger partial charge in [-0.1, -0.05) is 0 Å². The lowest BCUT2D eigenvalue weighted by Crippen LogP contribution is -2.26. The van der Waals surface area contributed by atoms with Crippen LogP contribution in [0, 0.1) is 10.1 Å². The van der Waals surface area contributed by atoms with Crippen molar-refractivity contribution in [3.63, 3.8) is 0 Å². The first kappa shape index (κ1) is 20.3. The molecule has 0 unspecified atom stereocenters. The second-order valence-corrected chi connectivity index (χ2v) is 5.91. The Morgan fingerprint density at radius 1 is 1.04 bits per heavy atom. The van der Waals surface area contributed by atoms with Crippen LogP contribution in [0.2, 0.25) is 0 Å². The lowest BCUT2D eigenvalue weighted by atomic mass is 10.4. The standard InChI is InChI=1S/C11H14F6N4O2S/c1-19(5-3-10(12,13)14)7-8(21(22)23)24-9(18-7)20(2)6-4-11(15,16)17/h3-6H2,1-2H3. The molecule has 13 heteroatoms. The van der Waals surface area contributed by atoms with E-state index in [1.165, 1.54) is 14.1 Å². The van der Waals surface area contributed by atoms with Gasteiger partial charge in [-0.3, -0.25) is 10.1 Å². The molecule has 0 saturated heterocycles. The van der Waals surface area contributed by atoms with Crippen LogP contribution in [0.1, 0.15) is 12.8 Å². The summed E-state index contributed by atoms with van der Waals surface area (Å²) in [6.07, 6.45) is -11.2. The molecule has 0 spiro atoms. The molecule has 6 nitrogen and oxygen atoms in total. The number of hydrogen-bond acceptors (Lipinski definition) is 6. The molecule has 0 atom stereocenters. The fourth-order valence-corrected chi connectivity index (χ4v) is 2.53. The number of nitro groups is 1. The van der Waals surface area contributed by atoms with E-state index in [2.05, 4.69) is 4.98 Å². The molecule has 1 aromatic heterocycles. The molecular weight excluding hydrogens is 366 g/mol. The van der Waals surface area contributed by atoms with Crippen LogP contribution in [0.5, 0.6) is 0 Å². The Morgan fingerprint density at radius 3 is 1.92 bits per heavy atom. The van der Waals surface area contributed by atoms with Gasteiger partial charge in [0.25, 0.3) is 0 Å². The van der Waals surface area contributed by atoms with Crippen LogP contribution >= 0.6 is 11.3 Å². The predicted octanol–water partition coefficient (Wildman–Crippen LogP) is 3.83. The maximum absolute atomic E-state index is 12.2. The molecule has 0 N–H and O–H groups in total. The van der Waals surface area contributed by atoms with E-state index in [1.807, 2.05) is 0 Å². The second-order valence-electron chi connectivity index (χ2n) is 4.96. The fourth-order valence-electron chi connectivity index (χ4n) is 1.61. The molecule has 0 saturated carbocycles. The summed E-state index contributed by atoms with van der Waals surface area (Å²) in [6.45, 7) is -1.03. The molecular formula is C11H14F6N4O2S. The van der Waals surface area contributed by atoms with Crippen LogP contribution in [0.15, 0.2) is 0 Å². The summed E-state index contributed by atoms with van der Waals surface area (Å²) in [5.41, 5.74) is 0. The van der Waals surface area contributed by atoms with Crippen molar-refractivity contribution in [1.82, 2.24) is 4.98 Å². The van der Waals surface area contributed by atoms with Crippen molar-refractivity contribution in [2.75, 3.05) is 37.0 Å². The smallest absolute Gasteiger partial charge is 0.353 e. The molecule has 0 aliphatic heterocycles. The van der Waals surface area contributed by atoms with E-state index in [-0.39, 0.29) is 10.9 Å². The van der Waals surface area contributed by atoms with Crippen molar-refractivity contribution in [2.24, 2.45) is 0 Å². The van der Waals surface area contributed by atoms with E-state index in [0.717, 1.165) is 9.80 Å². The van der Waals surface area contributed by atoms with Crippen molar-refractivity contribution < 1.29 is 31.3 Å². The Morgan fingerprint density at radius 2 is 1.50 bits per heavy atom. The molecule has 138 valence electrons. The van der Waals surface area contributed by atoms with Crippen molar-refractivity contribution in [2.45, 2.75) is 25.2 Å². The maximum atomic E-state index is 12.2. The van der Waals surface area contributed by atoms with Gasteiger partial charge in [-0.2, -0.15) is 31.3 Å². The van der Waals surface area contributed by atoms with Crippen molar-refractivity contribution in [1.29, 1.82) is 0 Å². The van der Waals surface area contributed by atoms with Gasteiger partial charge in [-0.05, 0) is 11.3 Å². The predicted molar refractivity (Wildman–Crippen MR) is 76.7 cm³/mol. The molecule has 0 aliphatic rings. The molecule has 1 heterocycles. The molecule has 1 aromatic rings. The van der Waals surface area contributed by atoms with E-state index in [9.17, 15) is 36.5 Å². The highest BCUT2D eigenvalue weighted by atomic mass is 32.1. The van der Waals surface area contributed by atoms with E-state index >= 15 is 0 Å². The third-order valence-corrected chi connectivity index (χ3v) is 4.01. The molecule has 24 heavy (non-hydrogen) atoms. The number of hydrogen-bond donors (Lipinski definition) is 0. The Hall–Kier alpha value is -1.79. The molecule has 0 amide bonds. The normalized spacial score (nSPS) is 12.3. The largest absolute Gasteiger partial charge is 0.390 e. The Labute approximate surface area is 136 Å². The summed E-state index contributed by atoms with van der Waals surface area (Å²) in [7, 11) is 2.47. The summed E-state index contributed by atoms with van der Waals surface area (Å²) in [6, 6.07) is 0. The van der Waals surface area contributed by atoms with Gasteiger partial charge in [0.15, 0.2) is 5.13 Å².